The first-order chi connectivity index (χ1) is 14.2. The van der Waals surface area contributed by atoms with Crippen molar-refractivity contribution in [3.8, 4) is 11.3 Å². The van der Waals surface area contributed by atoms with Crippen molar-refractivity contribution in [3.05, 3.63) is 77.3 Å². The van der Waals surface area contributed by atoms with E-state index in [0.29, 0.717) is 17.7 Å². The minimum atomic E-state index is -0.750. The summed E-state index contributed by atoms with van der Waals surface area (Å²) in [4.78, 5) is 22.5. The molecule has 2 aromatic carbocycles. The summed E-state index contributed by atoms with van der Waals surface area (Å²) in [6, 6.07) is 17.7. The highest BCUT2D eigenvalue weighted by Crippen LogP contribution is 2.33. The number of carbonyl (C=O) groups is 1. The minimum absolute atomic E-state index is 0.320. The zero-order valence-electron chi connectivity index (χ0n) is 15.7. The zero-order valence-corrected chi connectivity index (χ0v) is 16.6. The number of rotatable bonds is 7. The van der Waals surface area contributed by atoms with Gasteiger partial charge in [-0.05, 0) is 22.4 Å². The molecule has 1 atom stereocenters. The molecule has 0 saturated heterocycles. The highest BCUT2D eigenvalue weighted by molar-refractivity contribution is 7.17. The summed E-state index contributed by atoms with van der Waals surface area (Å²) in [6.45, 7) is 0. The Hall–Kier alpha value is -3.04. The van der Waals surface area contributed by atoms with Crippen LogP contribution < -0.4 is 11.2 Å². The molecule has 1 unspecified atom stereocenters. The average Bonchev–Trinajstić information content (AvgIpc) is 3.35. The molecule has 2 aromatic heterocycles. The van der Waals surface area contributed by atoms with Crippen LogP contribution in [-0.2, 0) is 23.3 Å². The Morgan fingerprint density at radius 2 is 2.03 bits per heavy atom. The van der Waals surface area contributed by atoms with Crippen LogP contribution in [0.1, 0.15) is 15.9 Å². The Labute approximate surface area is 171 Å². The van der Waals surface area contributed by atoms with Crippen molar-refractivity contribution in [3.63, 3.8) is 0 Å². The van der Waals surface area contributed by atoms with Crippen molar-refractivity contribution >= 4 is 27.3 Å². The van der Waals surface area contributed by atoms with E-state index in [2.05, 4.69) is 21.5 Å². The van der Waals surface area contributed by atoms with Gasteiger partial charge in [-0.25, -0.2) is 0 Å². The number of carbonyl (C=O) groups excluding carboxylic acids is 1. The van der Waals surface area contributed by atoms with Gasteiger partial charge >= 0.3 is 0 Å². The van der Waals surface area contributed by atoms with Gasteiger partial charge in [-0.2, -0.15) is 15.9 Å². The quantitative estimate of drug-likeness (QED) is 0.278. The normalized spacial score (nSPS) is 12.2. The van der Waals surface area contributed by atoms with Crippen molar-refractivity contribution in [1.29, 1.82) is 0 Å². The molecule has 0 spiro atoms. The maximum atomic E-state index is 13.1. The lowest BCUT2D eigenvalue weighted by Gasteiger charge is -2.16. The van der Waals surface area contributed by atoms with E-state index >= 15 is 0 Å². The molecule has 8 heteroatoms. The van der Waals surface area contributed by atoms with Crippen LogP contribution in [0.2, 0.25) is 0 Å². The molecule has 0 aliphatic carbocycles. The molecule has 2 heterocycles. The second kappa shape index (κ2) is 8.54. The number of fused-ring (bicyclic) bond motifs is 1. The van der Waals surface area contributed by atoms with Crippen LogP contribution in [0.3, 0.4) is 0 Å². The first kappa shape index (κ1) is 19.3. The SMILES string of the molecule is Cn1cc(C(=O)NC(Cc2ccccc2)OON)c(-c2cccc3ccsc23)n1. The van der Waals surface area contributed by atoms with Gasteiger partial charge in [-0.1, -0.05) is 48.5 Å². The van der Waals surface area contributed by atoms with Crippen LogP contribution in [-0.4, -0.2) is 21.9 Å². The molecular formula is C21H20N4O3S. The van der Waals surface area contributed by atoms with Crippen LogP contribution in [0.5, 0.6) is 0 Å². The van der Waals surface area contributed by atoms with Gasteiger partial charge in [0.1, 0.15) is 5.69 Å². The molecule has 0 aliphatic rings. The number of nitrogens with one attached hydrogen (secondary N) is 1. The summed E-state index contributed by atoms with van der Waals surface area (Å²) in [5.74, 6) is 4.76. The van der Waals surface area contributed by atoms with Gasteiger partial charge in [-0.3, -0.25) is 9.48 Å². The smallest absolute Gasteiger partial charge is 0.257 e. The highest BCUT2D eigenvalue weighted by atomic mass is 32.1. The van der Waals surface area contributed by atoms with Gasteiger partial charge in [0.15, 0.2) is 6.23 Å². The van der Waals surface area contributed by atoms with Gasteiger partial charge in [-0.15, -0.1) is 16.3 Å². The van der Waals surface area contributed by atoms with Crippen molar-refractivity contribution in [2.45, 2.75) is 12.6 Å². The van der Waals surface area contributed by atoms with Gasteiger partial charge in [0.05, 0.1) is 5.56 Å². The lowest BCUT2D eigenvalue weighted by atomic mass is 10.1. The Kier molecular flexibility index (Phi) is 5.68. The van der Waals surface area contributed by atoms with Crippen molar-refractivity contribution < 1.29 is 14.7 Å². The van der Waals surface area contributed by atoms with E-state index in [4.69, 9.17) is 10.8 Å². The lowest BCUT2D eigenvalue weighted by molar-refractivity contribution is -0.332. The van der Waals surface area contributed by atoms with Gasteiger partial charge in [0.25, 0.3) is 5.91 Å². The van der Waals surface area contributed by atoms with Crippen molar-refractivity contribution in [2.24, 2.45) is 12.9 Å². The number of benzene rings is 2. The highest BCUT2D eigenvalue weighted by Gasteiger charge is 2.22. The first-order valence-corrected chi connectivity index (χ1v) is 9.91. The van der Waals surface area contributed by atoms with Gasteiger partial charge in [0.2, 0.25) is 0 Å². The number of aromatic nitrogens is 2. The van der Waals surface area contributed by atoms with E-state index in [1.807, 2.05) is 53.9 Å². The molecule has 0 aliphatic heterocycles. The standard InChI is InChI=1S/C21H20N4O3S/c1-25-13-17(19(24-25)16-9-5-8-15-10-11-29-20(15)16)21(26)23-18(27-28-22)12-14-6-3-2-4-7-14/h2-11,13,18H,12,22H2,1H3,(H,23,26). The van der Waals surface area contributed by atoms with Crippen LogP contribution >= 0.6 is 11.3 Å². The summed E-state index contributed by atoms with van der Waals surface area (Å²) >= 11 is 1.62. The number of hydrogen-bond acceptors (Lipinski definition) is 6. The minimum Gasteiger partial charge on any atom is -0.324 e. The summed E-state index contributed by atoms with van der Waals surface area (Å²) < 4.78 is 2.71. The van der Waals surface area contributed by atoms with Crippen LogP contribution in [0.4, 0.5) is 0 Å². The summed E-state index contributed by atoms with van der Waals surface area (Å²) in [7, 11) is 1.79. The van der Waals surface area contributed by atoms with E-state index in [9.17, 15) is 4.79 Å². The number of amides is 1. The molecule has 0 fully saturated rings. The van der Waals surface area contributed by atoms with E-state index in [-0.39, 0.29) is 5.91 Å². The lowest BCUT2D eigenvalue weighted by Crippen LogP contribution is -2.39. The Bertz CT molecular complexity index is 1120. The molecule has 3 N–H and O–H groups in total. The van der Waals surface area contributed by atoms with Crippen molar-refractivity contribution in [1.82, 2.24) is 15.1 Å². The predicted molar refractivity (Wildman–Crippen MR) is 112 cm³/mol. The number of nitrogens with zero attached hydrogens (tertiary/aromatic N) is 2. The monoisotopic (exact) mass is 408 g/mol. The summed E-state index contributed by atoms with van der Waals surface area (Å²) in [6.07, 6.45) is 1.35. The fourth-order valence-corrected chi connectivity index (χ4v) is 4.18. The fraction of sp³-hybridized carbons (Fsp3) is 0.143. The van der Waals surface area contributed by atoms with Crippen LogP contribution in [0.15, 0.2) is 66.2 Å². The molecule has 148 valence electrons. The molecule has 4 rings (SSSR count). The van der Waals surface area contributed by atoms with E-state index in [0.717, 1.165) is 21.2 Å². The number of thiophene rings is 1. The average molecular weight is 408 g/mol. The Balaban J connectivity index is 1.62. The topological polar surface area (TPSA) is 91.4 Å². The zero-order chi connectivity index (χ0) is 20.2. The van der Waals surface area contributed by atoms with Crippen LogP contribution in [0, 0.1) is 0 Å². The van der Waals surface area contributed by atoms with E-state index in [1.165, 1.54) is 0 Å². The third-order valence-corrected chi connectivity index (χ3v) is 5.50. The molecule has 1 amide bonds. The molecule has 0 saturated carbocycles. The molecule has 0 bridgehead atoms. The molecule has 29 heavy (non-hydrogen) atoms. The maximum Gasteiger partial charge on any atom is 0.257 e. The Morgan fingerprint density at radius 1 is 1.21 bits per heavy atom. The van der Waals surface area contributed by atoms with Crippen molar-refractivity contribution in [2.75, 3.05) is 0 Å². The summed E-state index contributed by atoms with van der Waals surface area (Å²) in [5, 5.41) is 10.5. The van der Waals surface area contributed by atoms with E-state index in [1.54, 1.807) is 29.3 Å². The molecule has 7 nitrogen and oxygen atoms in total. The third kappa shape index (κ3) is 4.20. The molecular weight excluding hydrogens is 388 g/mol. The maximum absolute atomic E-state index is 13.1. The second-order valence-corrected chi connectivity index (χ2v) is 7.47. The predicted octanol–water partition coefficient (Wildman–Crippen LogP) is 3.42. The fourth-order valence-electron chi connectivity index (χ4n) is 3.26. The van der Waals surface area contributed by atoms with Crippen LogP contribution in [0.25, 0.3) is 21.3 Å². The Morgan fingerprint density at radius 3 is 2.83 bits per heavy atom. The van der Waals surface area contributed by atoms with E-state index < -0.39 is 6.23 Å². The number of nitrogens with two attached hydrogens (primary N) is 1. The first-order valence-electron chi connectivity index (χ1n) is 9.03. The largest absolute Gasteiger partial charge is 0.324 e. The summed E-state index contributed by atoms with van der Waals surface area (Å²) in [5.41, 5.74) is 2.96. The molecule has 0 radical (unpaired) electrons. The number of hydrogen-bond donors (Lipinski definition) is 2. The molecule has 4 aromatic rings. The van der Waals surface area contributed by atoms with Gasteiger partial charge in [0, 0.05) is 29.9 Å². The number of aryl methyl sites for hydroxylation is 1. The second-order valence-electron chi connectivity index (χ2n) is 6.55. The van der Waals surface area contributed by atoms with Gasteiger partial charge < -0.3 is 5.32 Å². The third-order valence-electron chi connectivity index (χ3n) is 4.54.